The summed E-state index contributed by atoms with van der Waals surface area (Å²) in [6.45, 7) is -0.289. The van der Waals surface area contributed by atoms with Crippen LogP contribution in [0.25, 0.3) is 0 Å². The van der Waals surface area contributed by atoms with Crippen LogP contribution in [0.4, 0.5) is 8.78 Å². The Morgan fingerprint density at radius 2 is 1.48 bits per heavy atom. The summed E-state index contributed by atoms with van der Waals surface area (Å²) in [5, 5.41) is 2.02. The topological polar surface area (TPSA) is 90.9 Å². The molecule has 29 heavy (non-hydrogen) atoms. The van der Waals surface area contributed by atoms with Crippen molar-refractivity contribution in [1.29, 1.82) is 0 Å². The molecule has 0 saturated carbocycles. The quantitative estimate of drug-likeness (QED) is 0.677. The Labute approximate surface area is 165 Å². The molecule has 0 saturated heterocycles. The molecule has 0 spiro atoms. The van der Waals surface area contributed by atoms with E-state index in [4.69, 9.17) is 9.47 Å². The third kappa shape index (κ3) is 7.21. The van der Waals surface area contributed by atoms with Crippen LogP contribution < -0.4 is 14.8 Å². The molecular formula is C20H19F2NO6. The molecule has 2 rings (SSSR count). The van der Waals surface area contributed by atoms with Crippen molar-refractivity contribution < 1.29 is 37.4 Å². The van der Waals surface area contributed by atoms with Crippen molar-refractivity contribution in [3.8, 4) is 11.5 Å². The number of esters is 1. The number of aryl methyl sites for hydroxylation is 1. The normalized spacial score (nSPS) is 11.5. The Morgan fingerprint density at radius 3 is 2.07 bits per heavy atom. The minimum atomic E-state index is -2.98. The number of halogens is 2. The fourth-order valence-electron chi connectivity index (χ4n) is 2.15. The van der Waals surface area contributed by atoms with Gasteiger partial charge in [-0.15, -0.1) is 0 Å². The zero-order valence-electron chi connectivity index (χ0n) is 15.7. The maximum absolute atomic E-state index is 12.1. The number of rotatable bonds is 8. The first kappa shape index (κ1) is 21.8. The van der Waals surface area contributed by atoms with Crippen LogP contribution >= 0.6 is 0 Å². The number of nitrogens with one attached hydrogen (secondary N) is 1. The summed E-state index contributed by atoms with van der Waals surface area (Å²) in [6.07, 6.45) is -0.955. The van der Waals surface area contributed by atoms with Crippen LogP contribution in [0.15, 0.2) is 48.5 Å². The molecule has 0 heterocycles. The van der Waals surface area contributed by atoms with Crippen molar-refractivity contribution >= 4 is 17.8 Å². The lowest BCUT2D eigenvalue weighted by atomic mass is 10.2. The molecule has 0 aliphatic rings. The van der Waals surface area contributed by atoms with Crippen LogP contribution in [0.3, 0.4) is 0 Å². The van der Waals surface area contributed by atoms with E-state index >= 15 is 0 Å². The lowest BCUT2D eigenvalue weighted by Crippen LogP contribution is -2.36. The average Bonchev–Trinajstić information content (AvgIpc) is 2.67. The Morgan fingerprint density at radius 1 is 0.931 bits per heavy atom. The number of alkyl halides is 2. The molecule has 0 aliphatic heterocycles. The van der Waals surface area contributed by atoms with E-state index < -0.39 is 37.1 Å². The van der Waals surface area contributed by atoms with Gasteiger partial charge in [-0.2, -0.15) is 8.78 Å². The zero-order chi connectivity index (χ0) is 21.4. The molecule has 154 valence electrons. The summed E-state index contributed by atoms with van der Waals surface area (Å²) >= 11 is 0. The Hall–Kier alpha value is -3.49. The van der Waals surface area contributed by atoms with Gasteiger partial charge >= 0.3 is 12.6 Å². The van der Waals surface area contributed by atoms with Crippen molar-refractivity contribution in [2.24, 2.45) is 0 Å². The van der Waals surface area contributed by atoms with Gasteiger partial charge in [0.1, 0.15) is 11.5 Å². The van der Waals surface area contributed by atoms with Gasteiger partial charge in [0, 0.05) is 5.56 Å². The predicted octanol–water partition coefficient (Wildman–Crippen LogP) is 2.86. The molecule has 2 aromatic rings. The molecule has 0 aromatic heterocycles. The van der Waals surface area contributed by atoms with E-state index in [0.717, 1.165) is 17.7 Å². The molecule has 7 nitrogen and oxygen atoms in total. The highest BCUT2D eigenvalue weighted by atomic mass is 19.3. The van der Waals surface area contributed by atoms with Crippen LogP contribution in [-0.2, 0) is 14.3 Å². The lowest BCUT2D eigenvalue weighted by Gasteiger charge is -2.14. The van der Waals surface area contributed by atoms with Gasteiger partial charge in [-0.25, -0.2) is 4.79 Å². The van der Waals surface area contributed by atoms with E-state index in [9.17, 15) is 23.2 Å². The van der Waals surface area contributed by atoms with E-state index in [1.165, 1.54) is 19.1 Å². The van der Waals surface area contributed by atoms with Gasteiger partial charge in [-0.05, 0) is 50.2 Å². The smallest absolute Gasteiger partial charge is 0.387 e. The number of carbonyl (C=O) groups is 3. The van der Waals surface area contributed by atoms with Gasteiger partial charge in [0.05, 0.1) is 0 Å². The van der Waals surface area contributed by atoms with Gasteiger partial charge < -0.3 is 14.2 Å². The molecule has 1 unspecified atom stereocenters. The van der Waals surface area contributed by atoms with Crippen LogP contribution in [-0.4, -0.2) is 37.1 Å². The average molecular weight is 407 g/mol. The van der Waals surface area contributed by atoms with Crippen LogP contribution in [0, 0.1) is 6.92 Å². The van der Waals surface area contributed by atoms with Gasteiger partial charge in [0.25, 0.3) is 11.8 Å². The second-order valence-electron chi connectivity index (χ2n) is 5.96. The standard InChI is InChI=1S/C20H19F2NO6/c1-12-3-7-15(8-4-12)28-13(2)19(26)27-11-17(24)23-18(25)14-5-9-16(10-6-14)29-20(21)22/h3-10,13,20H,11H2,1-2H3,(H,23,24,25). The Bertz CT molecular complexity index is 852. The summed E-state index contributed by atoms with van der Waals surface area (Å²) < 4.78 is 38.6. The minimum absolute atomic E-state index is 0.0439. The van der Waals surface area contributed by atoms with Crippen molar-refractivity contribution in [2.45, 2.75) is 26.6 Å². The molecule has 2 aromatic carbocycles. The third-order valence-electron chi connectivity index (χ3n) is 3.61. The van der Waals surface area contributed by atoms with Gasteiger partial charge in [-0.3, -0.25) is 14.9 Å². The first-order valence-electron chi connectivity index (χ1n) is 8.53. The molecule has 0 radical (unpaired) electrons. The van der Waals surface area contributed by atoms with Crippen LogP contribution in [0.2, 0.25) is 0 Å². The molecule has 2 amide bonds. The summed E-state index contributed by atoms with van der Waals surface area (Å²) in [5.74, 6) is -2.06. The van der Waals surface area contributed by atoms with Crippen LogP contribution in [0.1, 0.15) is 22.8 Å². The van der Waals surface area contributed by atoms with Crippen LogP contribution in [0.5, 0.6) is 11.5 Å². The SMILES string of the molecule is Cc1ccc(OC(C)C(=O)OCC(=O)NC(=O)c2ccc(OC(F)F)cc2)cc1. The number of benzene rings is 2. The van der Waals surface area contributed by atoms with E-state index in [1.54, 1.807) is 12.1 Å². The van der Waals surface area contributed by atoms with Crippen molar-refractivity contribution in [3.63, 3.8) is 0 Å². The fraction of sp³-hybridized carbons (Fsp3) is 0.250. The molecule has 0 bridgehead atoms. The largest absolute Gasteiger partial charge is 0.479 e. The number of carbonyl (C=O) groups excluding carboxylic acids is 3. The Balaban J connectivity index is 1.78. The van der Waals surface area contributed by atoms with Crippen molar-refractivity contribution in [1.82, 2.24) is 5.32 Å². The molecular weight excluding hydrogens is 388 g/mol. The van der Waals surface area contributed by atoms with Gasteiger partial charge in [-0.1, -0.05) is 17.7 Å². The van der Waals surface area contributed by atoms with E-state index in [2.05, 4.69) is 4.74 Å². The minimum Gasteiger partial charge on any atom is -0.479 e. The number of hydrogen-bond acceptors (Lipinski definition) is 6. The maximum atomic E-state index is 12.1. The van der Waals surface area contributed by atoms with Crippen molar-refractivity contribution in [2.75, 3.05) is 6.61 Å². The number of ether oxygens (including phenoxy) is 3. The monoisotopic (exact) mass is 407 g/mol. The maximum Gasteiger partial charge on any atom is 0.387 e. The fourth-order valence-corrected chi connectivity index (χ4v) is 2.15. The highest BCUT2D eigenvalue weighted by molar-refractivity contribution is 6.05. The predicted molar refractivity (Wildman–Crippen MR) is 97.8 cm³/mol. The number of imide groups is 1. The number of amides is 2. The number of hydrogen-bond donors (Lipinski definition) is 1. The summed E-state index contributed by atoms with van der Waals surface area (Å²) in [4.78, 5) is 35.7. The summed E-state index contributed by atoms with van der Waals surface area (Å²) in [7, 11) is 0. The first-order chi connectivity index (χ1) is 13.7. The van der Waals surface area contributed by atoms with E-state index in [-0.39, 0.29) is 11.3 Å². The third-order valence-corrected chi connectivity index (χ3v) is 3.61. The Kier molecular flexibility index (Phi) is 7.64. The zero-order valence-corrected chi connectivity index (χ0v) is 15.7. The van der Waals surface area contributed by atoms with E-state index in [0.29, 0.717) is 5.75 Å². The van der Waals surface area contributed by atoms with Crippen molar-refractivity contribution in [3.05, 3.63) is 59.7 Å². The second kappa shape index (κ2) is 10.2. The highest BCUT2D eigenvalue weighted by Gasteiger charge is 2.19. The molecule has 1 N–H and O–H groups in total. The lowest BCUT2D eigenvalue weighted by molar-refractivity contribution is -0.154. The first-order valence-corrected chi connectivity index (χ1v) is 8.53. The highest BCUT2D eigenvalue weighted by Crippen LogP contribution is 2.15. The molecule has 9 heteroatoms. The van der Waals surface area contributed by atoms with E-state index in [1.807, 2.05) is 24.4 Å². The molecule has 0 fully saturated rings. The van der Waals surface area contributed by atoms with Gasteiger partial charge in [0.15, 0.2) is 12.7 Å². The summed E-state index contributed by atoms with van der Waals surface area (Å²) in [6, 6.07) is 11.8. The molecule has 1 atom stereocenters. The van der Waals surface area contributed by atoms with Gasteiger partial charge in [0.2, 0.25) is 0 Å². The second-order valence-corrected chi connectivity index (χ2v) is 5.96. The molecule has 0 aliphatic carbocycles. The summed E-state index contributed by atoms with van der Waals surface area (Å²) in [5.41, 5.74) is 1.08.